The molecule has 0 spiro atoms. The van der Waals surface area contributed by atoms with Gasteiger partial charge < -0.3 is 0 Å². The smallest absolute Gasteiger partial charge is 0.0513 e. The van der Waals surface area contributed by atoms with Crippen LogP contribution >= 0.6 is 11.6 Å². The van der Waals surface area contributed by atoms with Crippen LogP contribution in [0, 0.1) is 0 Å². The minimum Gasteiger partial charge on any atom is -0.118 e. The number of hydrogen-bond acceptors (Lipinski definition) is 0. The van der Waals surface area contributed by atoms with Gasteiger partial charge in [-0.2, -0.15) is 0 Å². The van der Waals surface area contributed by atoms with E-state index in [-0.39, 0.29) is 5.38 Å². The molecule has 0 N–H and O–H groups in total. The van der Waals surface area contributed by atoms with Crippen molar-refractivity contribution in [3.63, 3.8) is 0 Å². The van der Waals surface area contributed by atoms with Crippen molar-refractivity contribution in [2.24, 2.45) is 0 Å². The summed E-state index contributed by atoms with van der Waals surface area (Å²) in [5.74, 6) is 0. The summed E-state index contributed by atoms with van der Waals surface area (Å²) in [7, 11) is 0. The van der Waals surface area contributed by atoms with Gasteiger partial charge in [-0.3, -0.25) is 0 Å². The lowest BCUT2D eigenvalue weighted by molar-refractivity contribution is 0.545. The summed E-state index contributed by atoms with van der Waals surface area (Å²) in [6, 6.07) is 0. The fourth-order valence-electron chi connectivity index (χ4n) is 2.12. The molecule has 0 aromatic carbocycles. The molecule has 0 amide bonds. The summed E-state index contributed by atoms with van der Waals surface area (Å²) in [6.45, 7) is 5.97. The Labute approximate surface area is 114 Å². The van der Waals surface area contributed by atoms with Gasteiger partial charge in [0.15, 0.2) is 0 Å². The lowest BCUT2D eigenvalue weighted by atomic mass is 10.0. The first kappa shape index (κ1) is 17.0. The molecule has 0 saturated heterocycles. The molecule has 0 aliphatic carbocycles. The van der Waals surface area contributed by atoms with Gasteiger partial charge >= 0.3 is 0 Å². The van der Waals surface area contributed by atoms with Crippen molar-refractivity contribution >= 4 is 11.6 Å². The van der Waals surface area contributed by atoms with Crippen LogP contribution in [-0.4, -0.2) is 5.38 Å². The van der Waals surface area contributed by atoms with Crippen molar-refractivity contribution in [1.29, 1.82) is 0 Å². The minimum absolute atomic E-state index is 0.188. The summed E-state index contributed by atoms with van der Waals surface area (Å²) in [6.07, 6.45) is 18.3. The Balaban J connectivity index is 2.96. The van der Waals surface area contributed by atoms with Crippen molar-refractivity contribution in [1.82, 2.24) is 0 Å². The molecule has 1 unspecified atom stereocenters. The zero-order chi connectivity index (χ0) is 12.8. The standard InChI is InChI=1S/C16H31Cl/c1-3-5-6-7-8-9-10-11-12-13-14-15-16(17)4-2/h4,16H,2-3,5-15H2,1H3. The molecule has 102 valence electrons. The number of allylic oxidation sites excluding steroid dienone is 1. The van der Waals surface area contributed by atoms with Gasteiger partial charge in [-0.25, -0.2) is 0 Å². The molecule has 0 saturated carbocycles. The lowest BCUT2D eigenvalue weighted by Gasteiger charge is -2.04. The topological polar surface area (TPSA) is 0 Å². The van der Waals surface area contributed by atoms with Crippen molar-refractivity contribution in [2.75, 3.05) is 0 Å². The first-order chi connectivity index (χ1) is 8.31. The molecule has 0 bridgehead atoms. The van der Waals surface area contributed by atoms with Crippen LogP contribution in [0.4, 0.5) is 0 Å². The Bertz CT molecular complexity index is 154. The molecule has 0 aromatic rings. The third-order valence-electron chi connectivity index (χ3n) is 3.34. The summed E-state index contributed by atoms with van der Waals surface area (Å²) in [4.78, 5) is 0. The van der Waals surface area contributed by atoms with E-state index in [4.69, 9.17) is 11.6 Å². The number of halogens is 1. The monoisotopic (exact) mass is 258 g/mol. The van der Waals surface area contributed by atoms with Crippen molar-refractivity contribution in [3.8, 4) is 0 Å². The first-order valence-electron chi connectivity index (χ1n) is 7.58. The zero-order valence-corrected chi connectivity index (χ0v) is 12.5. The Kier molecular flexibility index (Phi) is 14.1. The summed E-state index contributed by atoms with van der Waals surface area (Å²) >= 11 is 5.97. The predicted octanol–water partition coefficient (Wildman–Crippen LogP) is 6.48. The maximum Gasteiger partial charge on any atom is 0.0513 e. The van der Waals surface area contributed by atoms with E-state index < -0.39 is 0 Å². The Hall–Kier alpha value is 0.0300. The molecular formula is C16H31Cl. The van der Waals surface area contributed by atoms with Crippen molar-refractivity contribution in [3.05, 3.63) is 12.7 Å². The highest BCUT2D eigenvalue weighted by Crippen LogP contribution is 2.14. The van der Waals surface area contributed by atoms with E-state index in [1.165, 1.54) is 70.6 Å². The van der Waals surface area contributed by atoms with Gasteiger partial charge in [0, 0.05) is 0 Å². The largest absolute Gasteiger partial charge is 0.118 e. The van der Waals surface area contributed by atoms with Gasteiger partial charge in [-0.15, -0.1) is 18.2 Å². The molecule has 0 aliphatic heterocycles. The maximum absolute atomic E-state index is 5.97. The molecule has 0 rings (SSSR count). The summed E-state index contributed by atoms with van der Waals surface area (Å²) in [5.41, 5.74) is 0. The Morgan fingerprint density at radius 3 is 1.65 bits per heavy atom. The van der Waals surface area contributed by atoms with Gasteiger partial charge in [0.1, 0.15) is 0 Å². The van der Waals surface area contributed by atoms with Gasteiger partial charge in [0.05, 0.1) is 5.38 Å². The van der Waals surface area contributed by atoms with Gasteiger partial charge in [0.25, 0.3) is 0 Å². The molecule has 17 heavy (non-hydrogen) atoms. The highest BCUT2D eigenvalue weighted by molar-refractivity contribution is 6.21. The van der Waals surface area contributed by atoms with E-state index >= 15 is 0 Å². The normalized spacial score (nSPS) is 12.6. The van der Waals surface area contributed by atoms with E-state index in [1.807, 2.05) is 6.08 Å². The van der Waals surface area contributed by atoms with Gasteiger partial charge in [-0.1, -0.05) is 83.6 Å². The maximum atomic E-state index is 5.97. The fourth-order valence-corrected chi connectivity index (χ4v) is 2.28. The van der Waals surface area contributed by atoms with Crippen LogP contribution in [-0.2, 0) is 0 Å². The van der Waals surface area contributed by atoms with Crippen molar-refractivity contribution < 1.29 is 0 Å². The van der Waals surface area contributed by atoms with E-state index in [2.05, 4.69) is 13.5 Å². The van der Waals surface area contributed by atoms with Crippen LogP contribution in [0.1, 0.15) is 84.0 Å². The van der Waals surface area contributed by atoms with Crippen LogP contribution < -0.4 is 0 Å². The number of rotatable bonds is 13. The molecular weight excluding hydrogens is 228 g/mol. The summed E-state index contributed by atoms with van der Waals surface area (Å²) < 4.78 is 0. The van der Waals surface area contributed by atoms with Crippen LogP contribution in [0.15, 0.2) is 12.7 Å². The van der Waals surface area contributed by atoms with E-state index in [1.54, 1.807) is 0 Å². The van der Waals surface area contributed by atoms with Crippen LogP contribution in [0.5, 0.6) is 0 Å². The molecule has 0 aromatic heterocycles. The molecule has 0 nitrogen and oxygen atoms in total. The lowest BCUT2D eigenvalue weighted by Crippen LogP contribution is -1.92. The van der Waals surface area contributed by atoms with E-state index in [0.29, 0.717) is 0 Å². The molecule has 0 heterocycles. The third-order valence-corrected chi connectivity index (χ3v) is 3.74. The first-order valence-corrected chi connectivity index (χ1v) is 8.01. The Morgan fingerprint density at radius 2 is 1.24 bits per heavy atom. The molecule has 0 radical (unpaired) electrons. The molecule has 0 aliphatic rings. The molecule has 0 fully saturated rings. The highest BCUT2D eigenvalue weighted by Gasteiger charge is 1.98. The van der Waals surface area contributed by atoms with Crippen LogP contribution in [0.2, 0.25) is 0 Å². The second-order valence-corrected chi connectivity index (χ2v) is 5.64. The second kappa shape index (κ2) is 14.1. The minimum atomic E-state index is 0.188. The zero-order valence-electron chi connectivity index (χ0n) is 11.7. The summed E-state index contributed by atoms with van der Waals surface area (Å²) in [5, 5.41) is 0.188. The Morgan fingerprint density at radius 1 is 0.824 bits per heavy atom. The average molecular weight is 259 g/mol. The fraction of sp³-hybridized carbons (Fsp3) is 0.875. The highest BCUT2D eigenvalue weighted by atomic mass is 35.5. The van der Waals surface area contributed by atoms with Crippen LogP contribution in [0.25, 0.3) is 0 Å². The number of alkyl halides is 1. The number of hydrogen-bond donors (Lipinski definition) is 0. The molecule has 1 heteroatoms. The third kappa shape index (κ3) is 14.0. The van der Waals surface area contributed by atoms with Gasteiger partial charge in [0.2, 0.25) is 0 Å². The van der Waals surface area contributed by atoms with E-state index in [9.17, 15) is 0 Å². The van der Waals surface area contributed by atoms with Crippen LogP contribution in [0.3, 0.4) is 0 Å². The predicted molar refractivity (Wildman–Crippen MR) is 80.9 cm³/mol. The number of unbranched alkanes of at least 4 members (excludes halogenated alkanes) is 10. The van der Waals surface area contributed by atoms with Crippen molar-refractivity contribution in [2.45, 2.75) is 89.4 Å². The SMILES string of the molecule is C=CC(Cl)CCCCCCCCCCCCC. The quantitative estimate of drug-likeness (QED) is 0.201. The molecule has 1 atom stereocenters. The second-order valence-electron chi connectivity index (χ2n) is 5.08. The average Bonchev–Trinajstić information content (AvgIpc) is 2.35. The van der Waals surface area contributed by atoms with E-state index in [0.717, 1.165) is 6.42 Å². The van der Waals surface area contributed by atoms with Gasteiger partial charge in [-0.05, 0) is 6.42 Å².